The normalized spacial score (nSPS) is 13.9. The van der Waals surface area contributed by atoms with Crippen LogP contribution in [0.5, 0.6) is 0 Å². The zero-order valence-corrected chi connectivity index (χ0v) is 14.6. The highest BCUT2D eigenvalue weighted by Crippen LogP contribution is 2.26. The topological polar surface area (TPSA) is 39.1 Å². The van der Waals surface area contributed by atoms with Crippen LogP contribution in [0.3, 0.4) is 0 Å². The Hall–Kier alpha value is -0.870. The van der Waals surface area contributed by atoms with Gasteiger partial charge in [-0.3, -0.25) is 4.68 Å². The number of nitrogens with one attached hydrogen (secondary N) is 1. The van der Waals surface area contributed by atoms with E-state index in [9.17, 15) is 0 Å². The smallest absolute Gasteiger partial charge is 0.0829 e. The molecule has 0 aliphatic heterocycles. The van der Waals surface area contributed by atoms with Crippen LogP contribution in [0.4, 0.5) is 0 Å². The molecule has 0 aliphatic carbocycles. The van der Waals surface area contributed by atoms with Gasteiger partial charge in [0.2, 0.25) is 0 Å². The number of hydrogen-bond donors (Lipinski definition) is 1. The fourth-order valence-electron chi connectivity index (χ4n) is 3.29. The molecule has 0 amide bonds. The van der Waals surface area contributed by atoms with E-state index in [2.05, 4.69) is 50.0 Å². The first kappa shape index (κ1) is 18.2. The molecule has 0 aromatic carbocycles. The molecule has 0 aliphatic rings. The van der Waals surface area contributed by atoms with E-state index in [1.165, 1.54) is 0 Å². The van der Waals surface area contributed by atoms with Gasteiger partial charge in [-0.25, -0.2) is 0 Å². The lowest BCUT2D eigenvalue weighted by Crippen LogP contribution is -2.51. The van der Waals surface area contributed by atoms with Crippen molar-refractivity contribution in [2.45, 2.75) is 77.5 Å². The largest absolute Gasteiger partial charge is 0.377 e. The maximum absolute atomic E-state index is 5.86. The number of hydrogen-bond acceptors (Lipinski definition) is 3. The van der Waals surface area contributed by atoms with Gasteiger partial charge in [-0.05, 0) is 38.8 Å². The van der Waals surface area contributed by atoms with Crippen molar-refractivity contribution in [2.75, 3.05) is 14.2 Å². The van der Waals surface area contributed by atoms with E-state index in [1.807, 2.05) is 14.2 Å². The minimum Gasteiger partial charge on any atom is -0.377 e. The lowest BCUT2D eigenvalue weighted by atomic mass is 9.85. The molecule has 1 aromatic rings. The third-order valence-corrected chi connectivity index (χ3v) is 4.98. The molecule has 1 unspecified atom stereocenters. The highest BCUT2D eigenvalue weighted by atomic mass is 16.5. The zero-order valence-electron chi connectivity index (χ0n) is 14.6. The summed E-state index contributed by atoms with van der Waals surface area (Å²) >= 11 is 0. The quantitative estimate of drug-likeness (QED) is 0.717. The summed E-state index contributed by atoms with van der Waals surface area (Å²) in [6.07, 6.45) is 7.26. The molecule has 0 saturated carbocycles. The zero-order chi connectivity index (χ0) is 15.9. The molecule has 0 radical (unpaired) electrons. The maximum atomic E-state index is 5.86. The second kappa shape index (κ2) is 8.54. The molecule has 1 heterocycles. The van der Waals surface area contributed by atoms with Crippen molar-refractivity contribution in [2.24, 2.45) is 0 Å². The van der Waals surface area contributed by atoms with Crippen LogP contribution in [0, 0.1) is 0 Å². The fraction of sp³-hybridized carbons (Fsp3) is 0.824. The lowest BCUT2D eigenvalue weighted by molar-refractivity contribution is -0.0456. The molecule has 0 spiro atoms. The van der Waals surface area contributed by atoms with E-state index in [-0.39, 0.29) is 11.6 Å². The summed E-state index contributed by atoms with van der Waals surface area (Å²) in [4.78, 5) is 0. The van der Waals surface area contributed by atoms with Gasteiger partial charge in [0, 0.05) is 25.8 Å². The number of rotatable bonds is 10. The summed E-state index contributed by atoms with van der Waals surface area (Å²) in [5.41, 5.74) is 1.03. The van der Waals surface area contributed by atoms with Gasteiger partial charge in [-0.15, -0.1) is 0 Å². The minimum atomic E-state index is -0.118. The van der Waals surface area contributed by atoms with E-state index >= 15 is 0 Å². The molecular weight excluding hydrogens is 262 g/mol. The first-order valence-electron chi connectivity index (χ1n) is 8.37. The standard InChI is InChI=1S/C17H33N3O/c1-7-15(8-2)20-12-11-14(19-20)13-16(18-5)17(9-3,10-4)21-6/h11-12,15-16,18H,7-10,13H2,1-6H3. The van der Waals surface area contributed by atoms with Gasteiger partial charge in [0.05, 0.1) is 17.3 Å². The van der Waals surface area contributed by atoms with Gasteiger partial charge in [0.15, 0.2) is 0 Å². The molecule has 1 N–H and O–H groups in total. The molecule has 21 heavy (non-hydrogen) atoms. The minimum absolute atomic E-state index is 0.118. The van der Waals surface area contributed by atoms with Crippen molar-refractivity contribution in [3.8, 4) is 0 Å². The third kappa shape index (κ3) is 4.07. The first-order valence-corrected chi connectivity index (χ1v) is 8.37. The molecule has 0 fully saturated rings. The highest BCUT2D eigenvalue weighted by Gasteiger charge is 2.35. The van der Waals surface area contributed by atoms with Gasteiger partial charge in [-0.2, -0.15) is 5.10 Å². The molecular formula is C17H33N3O. The fourth-order valence-corrected chi connectivity index (χ4v) is 3.29. The van der Waals surface area contributed by atoms with Crippen LogP contribution in [-0.4, -0.2) is 35.6 Å². The molecule has 4 nitrogen and oxygen atoms in total. The predicted molar refractivity (Wildman–Crippen MR) is 88.7 cm³/mol. The van der Waals surface area contributed by atoms with E-state index in [0.717, 1.165) is 37.8 Å². The van der Waals surface area contributed by atoms with Gasteiger partial charge in [0.1, 0.15) is 0 Å². The Morgan fingerprint density at radius 2 is 1.86 bits per heavy atom. The number of ether oxygens (including phenoxy) is 1. The van der Waals surface area contributed by atoms with Gasteiger partial charge in [0.25, 0.3) is 0 Å². The Balaban J connectivity index is 2.87. The van der Waals surface area contributed by atoms with E-state index < -0.39 is 0 Å². The van der Waals surface area contributed by atoms with Crippen LogP contribution in [0.25, 0.3) is 0 Å². The summed E-state index contributed by atoms with van der Waals surface area (Å²) in [6.45, 7) is 8.83. The Kier molecular flexibility index (Phi) is 7.40. The Morgan fingerprint density at radius 1 is 1.24 bits per heavy atom. The van der Waals surface area contributed by atoms with Crippen molar-refractivity contribution < 1.29 is 4.74 Å². The Labute approximate surface area is 130 Å². The average molecular weight is 295 g/mol. The second-order valence-electron chi connectivity index (χ2n) is 5.78. The summed E-state index contributed by atoms with van der Waals surface area (Å²) in [7, 11) is 3.84. The summed E-state index contributed by atoms with van der Waals surface area (Å²) in [5, 5.41) is 8.21. The van der Waals surface area contributed by atoms with Crippen LogP contribution < -0.4 is 5.32 Å². The third-order valence-electron chi connectivity index (χ3n) is 4.98. The van der Waals surface area contributed by atoms with E-state index in [0.29, 0.717) is 6.04 Å². The molecule has 4 heteroatoms. The van der Waals surface area contributed by atoms with Crippen molar-refractivity contribution in [1.29, 1.82) is 0 Å². The first-order chi connectivity index (χ1) is 10.1. The van der Waals surface area contributed by atoms with Crippen LogP contribution in [0.1, 0.15) is 65.1 Å². The van der Waals surface area contributed by atoms with Crippen molar-refractivity contribution in [3.05, 3.63) is 18.0 Å². The van der Waals surface area contributed by atoms with E-state index in [4.69, 9.17) is 9.84 Å². The molecule has 1 aromatic heterocycles. The van der Waals surface area contributed by atoms with Crippen molar-refractivity contribution in [1.82, 2.24) is 15.1 Å². The Bertz CT molecular complexity index is 386. The molecule has 0 saturated heterocycles. The number of methoxy groups -OCH3 is 1. The lowest BCUT2D eigenvalue weighted by Gasteiger charge is -2.38. The maximum Gasteiger partial charge on any atom is 0.0829 e. The summed E-state index contributed by atoms with van der Waals surface area (Å²) < 4.78 is 7.98. The summed E-state index contributed by atoms with van der Waals surface area (Å²) in [5.74, 6) is 0. The second-order valence-corrected chi connectivity index (χ2v) is 5.78. The molecule has 1 atom stereocenters. The van der Waals surface area contributed by atoms with Crippen LogP contribution in [0.15, 0.2) is 12.3 Å². The van der Waals surface area contributed by atoms with Crippen LogP contribution in [0.2, 0.25) is 0 Å². The summed E-state index contributed by atoms with van der Waals surface area (Å²) in [6, 6.07) is 2.94. The number of aromatic nitrogens is 2. The predicted octanol–water partition coefficient (Wildman–Crippen LogP) is 3.58. The number of likely N-dealkylation sites (N-methyl/N-ethyl adjacent to an activating group) is 1. The van der Waals surface area contributed by atoms with Gasteiger partial charge in [-0.1, -0.05) is 27.7 Å². The van der Waals surface area contributed by atoms with E-state index in [1.54, 1.807) is 0 Å². The molecule has 122 valence electrons. The van der Waals surface area contributed by atoms with Crippen LogP contribution in [-0.2, 0) is 11.2 Å². The van der Waals surface area contributed by atoms with Crippen molar-refractivity contribution >= 4 is 0 Å². The Morgan fingerprint density at radius 3 is 2.29 bits per heavy atom. The molecule has 1 rings (SSSR count). The number of nitrogens with zero attached hydrogens (tertiary/aromatic N) is 2. The highest BCUT2D eigenvalue weighted by molar-refractivity contribution is 5.06. The monoisotopic (exact) mass is 295 g/mol. The van der Waals surface area contributed by atoms with Gasteiger partial charge < -0.3 is 10.1 Å². The van der Waals surface area contributed by atoms with Crippen molar-refractivity contribution in [3.63, 3.8) is 0 Å². The average Bonchev–Trinajstić information content (AvgIpc) is 2.98. The van der Waals surface area contributed by atoms with Crippen LogP contribution >= 0.6 is 0 Å². The van der Waals surface area contributed by atoms with Gasteiger partial charge >= 0.3 is 0 Å². The molecule has 0 bridgehead atoms. The SMILES string of the molecule is CCC(CC)n1ccc(CC(NC)C(CC)(CC)OC)n1.